The van der Waals surface area contributed by atoms with Gasteiger partial charge in [0.25, 0.3) is 0 Å². The maximum Gasteiger partial charge on any atom is 0.148 e. The molecular weight excluding hydrogens is 278 g/mol. The van der Waals surface area contributed by atoms with E-state index in [0.29, 0.717) is 18.8 Å². The third-order valence-corrected chi connectivity index (χ3v) is 4.00. The van der Waals surface area contributed by atoms with E-state index >= 15 is 0 Å². The van der Waals surface area contributed by atoms with Crippen molar-refractivity contribution < 1.29 is 18.3 Å². The molecule has 0 heterocycles. The van der Waals surface area contributed by atoms with Crippen molar-refractivity contribution in [3.63, 3.8) is 0 Å². The maximum atomic E-state index is 11.1. The molecule has 1 atom stereocenters. The quantitative estimate of drug-likeness (QED) is 0.814. The highest BCUT2D eigenvalue weighted by atomic mass is 32.2. The summed E-state index contributed by atoms with van der Waals surface area (Å²) in [6, 6.07) is 5.63. The summed E-state index contributed by atoms with van der Waals surface area (Å²) >= 11 is 0. The molecule has 1 aromatic carbocycles. The maximum absolute atomic E-state index is 11.1. The van der Waals surface area contributed by atoms with Crippen LogP contribution in [0.2, 0.25) is 0 Å². The Labute approximate surface area is 121 Å². The Morgan fingerprint density at radius 3 is 2.60 bits per heavy atom. The van der Waals surface area contributed by atoms with Crippen LogP contribution < -0.4 is 4.74 Å². The van der Waals surface area contributed by atoms with Crippen LogP contribution >= 0.6 is 0 Å². The van der Waals surface area contributed by atoms with E-state index in [0.717, 1.165) is 11.1 Å². The molecule has 0 bridgehead atoms. The van der Waals surface area contributed by atoms with Gasteiger partial charge < -0.3 is 14.7 Å². The van der Waals surface area contributed by atoms with Gasteiger partial charge in [-0.2, -0.15) is 0 Å². The van der Waals surface area contributed by atoms with E-state index in [9.17, 15) is 13.5 Å². The Bertz CT molecular complexity index is 542. The number of likely N-dealkylation sites (N-methyl/N-ethyl adjacent to an activating group) is 1. The van der Waals surface area contributed by atoms with Crippen molar-refractivity contribution in [1.82, 2.24) is 4.90 Å². The summed E-state index contributed by atoms with van der Waals surface area (Å²) in [4.78, 5) is 1.80. The minimum atomic E-state index is -2.99. The summed E-state index contributed by atoms with van der Waals surface area (Å²) in [6.45, 7) is 2.70. The zero-order valence-corrected chi connectivity index (χ0v) is 13.3. The normalized spacial score (nSPS) is 13.5. The Kier molecular flexibility index (Phi) is 5.98. The Morgan fingerprint density at radius 2 is 2.05 bits per heavy atom. The van der Waals surface area contributed by atoms with Crippen molar-refractivity contribution >= 4 is 9.84 Å². The van der Waals surface area contributed by atoms with Gasteiger partial charge in [-0.25, -0.2) is 8.42 Å². The number of aliphatic hydroxyl groups is 1. The molecule has 0 spiro atoms. The number of hydrogen-bond acceptors (Lipinski definition) is 5. The van der Waals surface area contributed by atoms with Gasteiger partial charge in [0, 0.05) is 24.9 Å². The number of benzene rings is 1. The molecule has 1 aromatic rings. The number of methoxy groups -OCH3 is 1. The fourth-order valence-electron chi connectivity index (χ4n) is 1.92. The van der Waals surface area contributed by atoms with E-state index in [1.165, 1.54) is 6.26 Å². The standard InChI is InChI=1S/C14H23NO4S/c1-11-5-6-14(19-3)12(9-11)13(16)10-15(2)7-8-20(4,17)18/h5-6,9,13,16H,7-8,10H2,1-4H3. The number of nitrogens with zero attached hydrogens (tertiary/aromatic N) is 1. The zero-order chi connectivity index (χ0) is 15.3. The molecule has 0 saturated heterocycles. The number of aliphatic hydroxyl groups excluding tert-OH is 1. The molecule has 20 heavy (non-hydrogen) atoms. The molecule has 0 saturated carbocycles. The topological polar surface area (TPSA) is 66.8 Å². The average Bonchev–Trinajstić information content (AvgIpc) is 2.35. The van der Waals surface area contributed by atoms with Gasteiger partial charge >= 0.3 is 0 Å². The first-order valence-corrected chi connectivity index (χ1v) is 8.48. The summed E-state index contributed by atoms with van der Waals surface area (Å²) in [5.41, 5.74) is 1.76. The molecule has 5 nitrogen and oxygen atoms in total. The van der Waals surface area contributed by atoms with Gasteiger partial charge in [0.2, 0.25) is 0 Å². The summed E-state index contributed by atoms with van der Waals surface area (Å²) < 4.78 is 27.5. The first kappa shape index (κ1) is 16.9. The van der Waals surface area contributed by atoms with Crippen molar-refractivity contribution in [2.45, 2.75) is 13.0 Å². The highest BCUT2D eigenvalue weighted by Gasteiger charge is 2.16. The van der Waals surface area contributed by atoms with Crippen molar-refractivity contribution in [1.29, 1.82) is 0 Å². The van der Waals surface area contributed by atoms with Gasteiger partial charge in [0.05, 0.1) is 19.0 Å². The molecule has 114 valence electrons. The number of rotatable bonds is 7. The zero-order valence-electron chi connectivity index (χ0n) is 12.5. The second-order valence-corrected chi connectivity index (χ2v) is 7.41. The highest BCUT2D eigenvalue weighted by molar-refractivity contribution is 7.90. The van der Waals surface area contributed by atoms with Gasteiger partial charge in [0.1, 0.15) is 15.6 Å². The lowest BCUT2D eigenvalue weighted by molar-refractivity contribution is 0.127. The first-order chi connectivity index (χ1) is 9.23. The van der Waals surface area contributed by atoms with Gasteiger partial charge in [-0.3, -0.25) is 0 Å². The number of ether oxygens (including phenoxy) is 1. The SMILES string of the molecule is COc1ccc(C)cc1C(O)CN(C)CCS(C)(=O)=O. The minimum Gasteiger partial charge on any atom is -0.496 e. The lowest BCUT2D eigenvalue weighted by Crippen LogP contribution is -2.29. The second kappa shape index (κ2) is 7.06. The molecular formula is C14H23NO4S. The Hall–Kier alpha value is -1.11. The molecule has 0 aromatic heterocycles. The fraction of sp³-hybridized carbons (Fsp3) is 0.571. The van der Waals surface area contributed by atoms with Gasteiger partial charge in [-0.05, 0) is 26.1 Å². The third-order valence-electron chi connectivity index (χ3n) is 3.07. The average molecular weight is 301 g/mol. The van der Waals surface area contributed by atoms with Crippen LogP contribution in [0.4, 0.5) is 0 Å². The molecule has 1 unspecified atom stereocenters. The van der Waals surface area contributed by atoms with Gasteiger partial charge in [-0.15, -0.1) is 0 Å². The summed E-state index contributed by atoms with van der Waals surface area (Å²) in [5.74, 6) is 0.723. The van der Waals surface area contributed by atoms with Crippen molar-refractivity contribution in [2.24, 2.45) is 0 Å². The van der Waals surface area contributed by atoms with E-state index in [1.807, 2.05) is 25.1 Å². The third kappa shape index (κ3) is 5.48. The van der Waals surface area contributed by atoms with Crippen molar-refractivity contribution in [3.8, 4) is 5.75 Å². The number of hydrogen-bond donors (Lipinski definition) is 1. The van der Waals surface area contributed by atoms with Crippen LogP contribution in [0, 0.1) is 6.92 Å². The second-order valence-electron chi connectivity index (χ2n) is 5.15. The van der Waals surface area contributed by atoms with Crippen LogP contribution in [0.3, 0.4) is 0 Å². The van der Waals surface area contributed by atoms with E-state index in [-0.39, 0.29) is 5.75 Å². The Morgan fingerprint density at radius 1 is 1.40 bits per heavy atom. The predicted octanol–water partition coefficient (Wildman–Crippen LogP) is 1.01. The van der Waals surface area contributed by atoms with Crippen molar-refractivity contribution in [2.75, 3.05) is 39.3 Å². The largest absolute Gasteiger partial charge is 0.496 e. The van der Waals surface area contributed by atoms with Crippen LogP contribution in [0.5, 0.6) is 5.75 Å². The van der Waals surface area contributed by atoms with Gasteiger partial charge in [-0.1, -0.05) is 11.6 Å². The fourth-order valence-corrected chi connectivity index (χ4v) is 2.56. The molecule has 0 aliphatic rings. The molecule has 1 rings (SSSR count). The van der Waals surface area contributed by atoms with Crippen LogP contribution in [-0.4, -0.2) is 57.7 Å². The van der Waals surface area contributed by atoms with Crippen LogP contribution in [0.25, 0.3) is 0 Å². The van der Waals surface area contributed by atoms with Crippen molar-refractivity contribution in [3.05, 3.63) is 29.3 Å². The Balaban J connectivity index is 2.71. The van der Waals surface area contributed by atoms with E-state index in [2.05, 4.69) is 0 Å². The highest BCUT2D eigenvalue weighted by Crippen LogP contribution is 2.26. The summed E-state index contributed by atoms with van der Waals surface area (Å²) in [5, 5.41) is 10.3. The molecule has 6 heteroatoms. The number of sulfone groups is 1. The van der Waals surface area contributed by atoms with Gasteiger partial charge in [0.15, 0.2) is 0 Å². The number of aryl methyl sites for hydroxylation is 1. The van der Waals surface area contributed by atoms with Crippen LogP contribution in [0.15, 0.2) is 18.2 Å². The molecule has 0 fully saturated rings. The first-order valence-electron chi connectivity index (χ1n) is 6.42. The van der Waals surface area contributed by atoms with Crippen LogP contribution in [0.1, 0.15) is 17.2 Å². The molecule has 1 N–H and O–H groups in total. The predicted molar refractivity (Wildman–Crippen MR) is 79.9 cm³/mol. The molecule has 0 aliphatic heterocycles. The van der Waals surface area contributed by atoms with E-state index in [1.54, 1.807) is 19.1 Å². The monoisotopic (exact) mass is 301 g/mol. The van der Waals surface area contributed by atoms with E-state index < -0.39 is 15.9 Å². The molecule has 0 amide bonds. The molecule has 0 radical (unpaired) electrons. The summed E-state index contributed by atoms with van der Waals surface area (Å²) in [7, 11) is 0.365. The van der Waals surface area contributed by atoms with E-state index in [4.69, 9.17) is 4.74 Å². The lowest BCUT2D eigenvalue weighted by Gasteiger charge is -2.22. The smallest absolute Gasteiger partial charge is 0.148 e. The molecule has 0 aliphatic carbocycles. The lowest BCUT2D eigenvalue weighted by atomic mass is 10.0. The summed E-state index contributed by atoms with van der Waals surface area (Å²) in [6.07, 6.45) is 0.496. The van der Waals surface area contributed by atoms with Crippen LogP contribution in [-0.2, 0) is 9.84 Å². The minimum absolute atomic E-state index is 0.0845.